The van der Waals surface area contributed by atoms with Gasteiger partial charge in [0.05, 0.1) is 6.54 Å². The summed E-state index contributed by atoms with van der Waals surface area (Å²) in [5, 5.41) is 0. The first kappa shape index (κ1) is 17.0. The number of ether oxygens (including phenoxy) is 2. The lowest BCUT2D eigenvalue weighted by molar-refractivity contribution is -0.130. The monoisotopic (exact) mass is 333 g/mol. The average molecular weight is 333 g/mol. The van der Waals surface area contributed by atoms with Gasteiger partial charge in [-0.3, -0.25) is 4.79 Å². The number of pyridine rings is 1. The van der Waals surface area contributed by atoms with Crippen LogP contribution in [-0.2, 0) is 9.53 Å². The number of likely N-dealkylation sites (tertiary alicyclic amines) is 1. The molecule has 24 heavy (non-hydrogen) atoms. The van der Waals surface area contributed by atoms with Gasteiger partial charge >= 0.3 is 0 Å². The summed E-state index contributed by atoms with van der Waals surface area (Å²) in [5.41, 5.74) is 0. The number of aromatic nitrogens is 1. The van der Waals surface area contributed by atoms with Crippen molar-refractivity contribution in [1.29, 1.82) is 0 Å². The van der Waals surface area contributed by atoms with Crippen molar-refractivity contribution in [1.82, 2.24) is 9.88 Å². The van der Waals surface area contributed by atoms with Crippen LogP contribution < -0.4 is 9.64 Å². The Kier molecular flexibility index (Phi) is 5.56. The van der Waals surface area contributed by atoms with Crippen LogP contribution in [0.15, 0.2) is 18.3 Å². The van der Waals surface area contributed by atoms with E-state index >= 15 is 0 Å². The molecule has 1 aromatic heterocycles. The van der Waals surface area contributed by atoms with E-state index in [1.807, 2.05) is 36.0 Å². The fourth-order valence-electron chi connectivity index (χ4n) is 3.34. The van der Waals surface area contributed by atoms with Gasteiger partial charge in [-0.25, -0.2) is 4.98 Å². The Morgan fingerprint density at radius 3 is 3.08 bits per heavy atom. The van der Waals surface area contributed by atoms with Gasteiger partial charge in [0.1, 0.15) is 6.10 Å². The highest BCUT2D eigenvalue weighted by atomic mass is 16.5. The molecule has 0 bridgehead atoms. The summed E-state index contributed by atoms with van der Waals surface area (Å²) in [6.45, 7) is 3.11. The molecule has 3 heterocycles. The van der Waals surface area contributed by atoms with Crippen LogP contribution in [0.5, 0.6) is 5.75 Å². The van der Waals surface area contributed by atoms with Gasteiger partial charge in [-0.1, -0.05) is 0 Å². The summed E-state index contributed by atoms with van der Waals surface area (Å²) in [6, 6.07) is 3.82. The Balaban J connectivity index is 1.49. The van der Waals surface area contributed by atoms with Crippen molar-refractivity contribution in [2.75, 3.05) is 45.3 Å². The minimum absolute atomic E-state index is 0.0478. The lowest BCUT2D eigenvalue weighted by Gasteiger charge is -2.20. The standard InChI is InChI=1S/C18H27N3O3/c1-20(2)18-16(4-3-9-19-18)24-15-7-10-21(12-15)17(22)6-5-14-8-11-23-13-14/h3-4,9,14-15H,5-8,10-13H2,1-2H3. The number of hydrogen-bond acceptors (Lipinski definition) is 5. The van der Waals surface area contributed by atoms with E-state index in [0.29, 0.717) is 18.9 Å². The molecule has 2 saturated heterocycles. The van der Waals surface area contributed by atoms with Gasteiger partial charge in [0.25, 0.3) is 0 Å². The predicted octanol–water partition coefficient (Wildman–Crippen LogP) is 1.94. The zero-order valence-electron chi connectivity index (χ0n) is 14.6. The molecule has 1 amide bonds. The number of carbonyl (C=O) groups is 1. The van der Waals surface area contributed by atoms with E-state index in [0.717, 1.165) is 50.6 Å². The van der Waals surface area contributed by atoms with Gasteiger partial charge < -0.3 is 19.3 Å². The Morgan fingerprint density at radius 1 is 1.46 bits per heavy atom. The molecular formula is C18H27N3O3. The summed E-state index contributed by atoms with van der Waals surface area (Å²) in [7, 11) is 3.90. The van der Waals surface area contributed by atoms with Crippen LogP contribution in [0.4, 0.5) is 5.82 Å². The number of carbonyl (C=O) groups excluding carboxylic acids is 1. The molecule has 2 aliphatic heterocycles. The molecule has 1 aromatic rings. The Hall–Kier alpha value is -1.82. The van der Waals surface area contributed by atoms with Gasteiger partial charge in [-0.15, -0.1) is 0 Å². The van der Waals surface area contributed by atoms with Crippen LogP contribution in [0.2, 0.25) is 0 Å². The summed E-state index contributed by atoms with van der Waals surface area (Å²) in [4.78, 5) is 20.6. The number of nitrogens with zero attached hydrogens (tertiary/aromatic N) is 3. The molecule has 6 heteroatoms. The second-order valence-electron chi connectivity index (χ2n) is 6.86. The van der Waals surface area contributed by atoms with Crippen LogP contribution in [0.1, 0.15) is 25.7 Å². The molecule has 6 nitrogen and oxygen atoms in total. The zero-order chi connectivity index (χ0) is 16.9. The zero-order valence-corrected chi connectivity index (χ0v) is 14.6. The molecular weight excluding hydrogens is 306 g/mol. The minimum Gasteiger partial charge on any atom is -0.485 e. The Morgan fingerprint density at radius 2 is 2.33 bits per heavy atom. The first-order valence-corrected chi connectivity index (χ1v) is 8.78. The number of hydrogen-bond donors (Lipinski definition) is 0. The SMILES string of the molecule is CN(C)c1ncccc1OC1CCN(C(=O)CCC2CCOC2)C1. The molecule has 3 rings (SSSR count). The van der Waals surface area contributed by atoms with E-state index in [1.165, 1.54) is 0 Å². The fourth-order valence-corrected chi connectivity index (χ4v) is 3.34. The van der Waals surface area contributed by atoms with Gasteiger partial charge in [0.2, 0.25) is 5.91 Å². The molecule has 0 radical (unpaired) electrons. The van der Waals surface area contributed by atoms with Crippen LogP contribution in [0.3, 0.4) is 0 Å². The number of anilines is 1. The molecule has 2 unspecified atom stereocenters. The lowest BCUT2D eigenvalue weighted by Crippen LogP contribution is -2.31. The third-order valence-electron chi connectivity index (χ3n) is 4.76. The highest BCUT2D eigenvalue weighted by Crippen LogP contribution is 2.27. The number of amides is 1. The van der Waals surface area contributed by atoms with E-state index < -0.39 is 0 Å². The summed E-state index contributed by atoms with van der Waals surface area (Å²) in [5.74, 6) is 2.40. The molecule has 0 N–H and O–H groups in total. The van der Waals surface area contributed by atoms with E-state index in [9.17, 15) is 4.79 Å². The molecule has 2 fully saturated rings. The van der Waals surface area contributed by atoms with E-state index in [1.54, 1.807) is 6.20 Å². The molecule has 0 spiro atoms. The van der Waals surface area contributed by atoms with Crippen molar-refractivity contribution in [3.8, 4) is 5.75 Å². The highest BCUT2D eigenvalue weighted by Gasteiger charge is 2.29. The quantitative estimate of drug-likeness (QED) is 0.796. The molecule has 2 aliphatic rings. The molecule has 0 aromatic carbocycles. The Labute approximate surface area is 143 Å². The average Bonchev–Trinajstić information content (AvgIpc) is 3.24. The largest absolute Gasteiger partial charge is 0.485 e. The van der Waals surface area contributed by atoms with Crippen molar-refractivity contribution < 1.29 is 14.3 Å². The maximum absolute atomic E-state index is 12.4. The van der Waals surface area contributed by atoms with Crippen LogP contribution in [0, 0.1) is 5.92 Å². The fraction of sp³-hybridized carbons (Fsp3) is 0.667. The molecule has 0 aliphatic carbocycles. The van der Waals surface area contributed by atoms with E-state index in [4.69, 9.17) is 9.47 Å². The molecule has 0 saturated carbocycles. The maximum Gasteiger partial charge on any atom is 0.222 e. The second kappa shape index (κ2) is 7.83. The Bertz CT molecular complexity index is 558. The van der Waals surface area contributed by atoms with Gasteiger partial charge in [-0.05, 0) is 30.9 Å². The van der Waals surface area contributed by atoms with E-state index in [-0.39, 0.29) is 12.0 Å². The normalized spacial score (nSPS) is 23.5. The first-order chi connectivity index (χ1) is 11.6. The van der Waals surface area contributed by atoms with Crippen LogP contribution in [-0.4, -0.2) is 62.3 Å². The van der Waals surface area contributed by atoms with Gasteiger partial charge in [0, 0.05) is 52.9 Å². The molecule has 132 valence electrons. The maximum atomic E-state index is 12.4. The topological polar surface area (TPSA) is 54.9 Å². The van der Waals surface area contributed by atoms with Gasteiger partial charge in [0.15, 0.2) is 11.6 Å². The smallest absolute Gasteiger partial charge is 0.222 e. The van der Waals surface area contributed by atoms with Crippen molar-refractivity contribution in [3.05, 3.63) is 18.3 Å². The van der Waals surface area contributed by atoms with Gasteiger partial charge in [-0.2, -0.15) is 0 Å². The first-order valence-electron chi connectivity index (χ1n) is 8.78. The van der Waals surface area contributed by atoms with Crippen molar-refractivity contribution >= 4 is 11.7 Å². The number of rotatable bonds is 6. The van der Waals surface area contributed by atoms with Crippen LogP contribution in [0.25, 0.3) is 0 Å². The lowest BCUT2D eigenvalue weighted by atomic mass is 10.0. The summed E-state index contributed by atoms with van der Waals surface area (Å²) in [6.07, 6.45) is 5.34. The minimum atomic E-state index is 0.0478. The predicted molar refractivity (Wildman–Crippen MR) is 92.3 cm³/mol. The second-order valence-corrected chi connectivity index (χ2v) is 6.86. The van der Waals surface area contributed by atoms with E-state index in [2.05, 4.69) is 4.98 Å². The summed E-state index contributed by atoms with van der Waals surface area (Å²) >= 11 is 0. The van der Waals surface area contributed by atoms with Crippen LogP contribution >= 0.6 is 0 Å². The van der Waals surface area contributed by atoms with Crippen molar-refractivity contribution in [3.63, 3.8) is 0 Å². The molecule has 2 atom stereocenters. The third kappa shape index (κ3) is 4.17. The highest BCUT2D eigenvalue weighted by molar-refractivity contribution is 5.76. The van der Waals surface area contributed by atoms with Crippen molar-refractivity contribution in [2.45, 2.75) is 31.8 Å². The summed E-state index contributed by atoms with van der Waals surface area (Å²) < 4.78 is 11.5. The third-order valence-corrected chi connectivity index (χ3v) is 4.76. The van der Waals surface area contributed by atoms with Crippen molar-refractivity contribution in [2.24, 2.45) is 5.92 Å².